The maximum Gasteiger partial charge on any atom is 0.230 e. The SMILES string of the molecule is CC(C)=CCC(O)c1cc2c3c(ccc4c3c1OCO4)OCO2. The number of hydrogen-bond acceptors (Lipinski definition) is 5. The monoisotopic (exact) mass is 314 g/mol. The van der Waals surface area contributed by atoms with Gasteiger partial charge in [0, 0.05) is 5.56 Å². The van der Waals surface area contributed by atoms with Gasteiger partial charge in [-0.3, -0.25) is 0 Å². The molecule has 23 heavy (non-hydrogen) atoms. The number of aliphatic hydroxyl groups excluding tert-OH is 1. The van der Waals surface area contributed by atoms with Gasteiger partial charge in [0.05, 0.1) is 16.9 Å². The Morgan fingerprint density at radius 1 is 1.04 bits per heavy atom. The van der Waals surface area contributed by atoms with Gasteiger partial charge < -0.3 is 24.1 Å². The lowest BCUT2D eigenvalue weighted by atomic mass is 9.96. The van der Waals surface area contributed by atoms with Crippen molar-refractivity contribution in [3.63, 3.8) is 0 Å². The van der Waals surface area contributed by atoms with Gasteiger partial charge in [0.1, 0.15) is 23.0 Å². The van der Waals surface area contributed by atoms with Crippen molar-refractivity contribution in [1.82, 2.24) is 0 Å². The molecule has 2 aromatic carbocycles. The molecule has 0 fully saturated rings. The summed E-state index contributed by atoms with van der Waals surface area (Å²) in [6.07, 6.45) is 1.87. The number of hydrogen-bond donors (Lipinski definition) is 1. The third-order valence-corrected chi connectivity index (χ3v) is 4.11. The van der Waals surface area contributed by atoms with E-state index in [9.17, 15) is 5.11 Å². The first kappa shape index (κ1) is 14.2. The molecule has 0 aliphatic carbocycles. The summed E-state index contributed by atoms with van der Waals surface area (Å²) in [6.45, 7) is 4.31. The zero-order valence-electron chi connectivity index (χ0n) is 13.1. The van der Waals surface area contributed by atoms with Crippen LogP contribution in [0.1, 0.15) is 31.9 Å². The predicted molar refractivity (Wildman–Crippen MR) is 85.2 cm³/mol. The Balaban J connectivity index is 1.93. The quantitative estimate of drug-likeness (QED) is 0.876. The van der Waals surface area contributed by atoms with Crippen LogP contribution < -0.4 is 18.9 Å². The largest absolute Gasteiger partial charge is 0.457 e. The molecule has 1 unspecified atom stereocenters. The van der Waals surface area contributed by atoms with E-state index in [1.165, 1.54) is 0 Å². The maximum absolute atomic E-state index is 10.6. The Morgan fingerprint density at radius 2 is 1.70 bits per heavy atom. The summed E-state index contributed by atoms with van der Waals surface area (Å²) in [5.74, 6) is 2.80. The van der Waals surface area contributed by atoms with E-state index >= 15 is 0 Å². The van der Waals surface area contributed by atoms with Gasteiger partial charge in [-0.2, -0.15) is 0 Å². The molecule has 1 N–H and O–H groups in total. The average Bonchev–Trinajstić information content (AvgIpc) is 2.57. The van der Waals surface area contributed by atoms with Crippen LogP contribution in [0, 0.1) is 0 Å². The van der Waals surface area contributed by atoms with Crippen molar-refractivity contribution >= 4 is 10.8 Å². The molecular weight excluding hydrogens is 296 g/mol. The minimum absolute atomic E-state index is 0.130. The summed E-state index contributed by atoms with van der Waals surface area (Å²) in [5.41, 5.74) is 1.88. The summed E-state index contributed by atoms with van der Waals surface area (Å²) >= 11 is 0. The van der Waals surface area contributed by atoms with Crippen LogP contribution in [-0.2, 0) is 0 Å². The molecule has 2 aliphatic rings. The van der Waals surface area contributed by atoms with Crippen LogP contribution >= 0.6 is 0 Å². The molecule has 0 saturated carbocycles. The van der Waals surface area contributed by atoms with Gasteiger partial charge in [0.15, 0.2) is 0 Å². The highest BCUT2D eigenvalue weighted by Crippen LogP contribution is 2.50. The van der Waals surface area contributed by atoms with Crippen molar-refractivity contribution in [3.05, 3.63) is 35.4 Å². The van der Waals surface area contributed by atoms with Crippen LogP contribution in [0.3, 0.4) is 0 Å². The van der Waals surface area contributed by atoms with Crippen LogP contribution in [0.15, 0.2) is 29.8 Å². The minimum atomic E-state index is -0.665. The fraction of sp³-hybridized carbons (Fsp3) is 0.333. The standard InChI is InChI=1S/C18H18O5/c1-10(2)3-4-12(19)11-7-15-16-13(20-8-22-15)5-6-14-17(16)18(11)23-9-21-14/h3,5-7,12,19H,4,8-9H2,1-2H3. The van der Waals surface area contributed by atoms with Crippen molar-refractivity contribution in [1.29, 1.82) is 0 Å². The molecule has 4 rings (SSSR count). The smallest absolute Gasteiger partial charge is 0.230 e. The second-order valence-corrected chi connectivity index (χ2v) is 5.95. The zero-order chi connectivity index (χ0) is 16.0. The summed E-state index contributed by atoms with van der Waals surface area (Å²) in [6, 6.07) is 5.59. The van der Waals surface area contributed by atoms with E-state index in [-0.39, 0.29) is 13.6 Å². The summed E-state index contributed by atoms with van der Waals surface area (Å²) in [4.78, 5) is 0. The maximum atomic E-state index is 10.6. The second kappa shape index (κ2) is 5.35. The molecule has 0 saturated heterocycles. The minimum Gasteiger partial charge on any atom is -0.457 e. The Morgan fingerprint density at radius 3 is 2.43 bits per heavy atom. The molecule has 2 aliphatic heterocycles. The van der Waals surface area contributed by atoms with E-state index < -0.39 is 6.10 Å². The number of allylic oxidation sites excluding steroid dienone is 1. The first-order valence-corrected chi connectivity index (χ1v) is 7.61. The van der Waals surface area contributed by atoms with E-state index in [0.29, 0.717) is 23.5 Å². The second-order valence-electron chi connectivity index (χ2n) is 5.95. The zero-order valence-corrected chi connectivity index (χ0v) is 13.1. The normalized spacial score (nSPS) is 15.8. The van der Waals surface area contributed by atoms with Crippen molar-refractivity contribution in [3.8, 4) is 23.0 Å². The van der Waals surface area contributed by atoms with Crippen LogP contribution in [0.5, 0.6) is 23.0 Å². The molecule has 0 bridgehead atoms. The molecule has 2 aromatic rings. The van der Waals surface area contributed by atoms with Gasteiger partial charge >= 0.3 is 0 Å². The molecule has 0 amide bonds. The van der Waals surface area contributed by atoms with E-state index in [1.807, 2.05) is 38.1 Å². The fourth-order valence-electron chi connectivity index (χ4n) is 3.00. The van der Waals surface area contributed by atoms with Gasteiger partial charge in [0.2, 0.25) is 13.6 Å². The first-order valence-electron chi connectivity index (χ1n) is 7.61. The summed E-state index contributed by atoms with van der Waals surface area (Å²) in [7, 11) is 0. The number of rotatable bonds is 3. The van der Waals surface area contributed by atoms with E-state index in [4.69, 9.17) is 18.9 Å². The Hall–Kier alpha value is -2.40. The van der Waals surface area contributed by atoms with Gasteiger partial charge in [0.25, 0.3) is 0 Å². The molecule has 120 valence electrons. The topological polar surface area (TPSA) is 57.2 Å². The molecule has 5 nitrogen and oxygen atoms in total. The van der Waals surface area contributed by atoms with E-state index in [1.54, 1.807) is 0 Å². The average molecular weight is 314 g/mol. The van der Waals surface area contributed by atoms with Gasteiger partial charge in [-0.25, -0.2) is 0 Å². The Labute approximate surface area is 134 Å². The molecule has 0 radical (unpaired) electrons. The van der Waals surface area contributed by atoms with Crippen molar-refractivity contribution < 1.29 is 24.1 Å². The van der Waals surface area contributed by atoms with Crippen LogP contribution in [0.25, 0.3) is 10.8 Å². The highest BCUT2D eigenvalue weighted by atomic mass is 16.7. The summed E-state index contributed by atoms with van der Waals surface area (Å²) in [5, 5.41) is 12.2. The Bertz CT molecular complexity index is 805. The van der Waals surface area contributed by atoms with Crippen LogP contribution in [0.4, 0.5) is 0 Å². The lowest BCUT2D eigenvalue weighted by Gasteiger charge is -2.28. The van der Waals surface area contributed by atoms with Crippen molar-refractivity contribution in [2.75, 3.05) is 13.6 Å². The fourth-order valence-corrected chi connectivity index (χ4v) is 3.00. The van der Waals surface area contributed by atoms with Gasteiger partial charge in [-0.05, 0) is 38.5 Å². The van der Waals surface area contributed by atoms with E-state index in [2.05, 4.69) is 0 Å². The highest BCUT2D eigenvalue weighted by Gasteiger charge is 2.28. The molecule has 0 spiro atoms. The highest BCUT2D eigenvalue weighted by molar-refractivity contribution is 6.03. The third-order valence-electron chi connectivity index (χ3n) is 4.11. The first-order chi connectivity index (χ1) is 11.1. The third kappa shape index (κ3) is 2.28. The molecular formula is C18H18O5. The number of benzene rings is 2. The molecule has 1 atom stereocenters. The molecule has 2 heterocycles. The molecule has 0 aromatic heterocycles. The van der Waals surface area contributed by atoms with Crippen LogP contribution in [0.2, 0.25) is 0 Å². The number of ether oxygens (including phenoxy) is 4. The predicted octanol–water partition coefficient (Wildman–Crippen LogP) is 3.69. The van der Waals surface area contributed by atoms with Crippen LogP contribution in [-0.4, -0.2) is 18.7 Å². The lowest BCUT2D eigenvalue weighted by Crippen LogP contribution is -2.17. The van der Waals surface area contributed by atoms with Gasteiger partial charge in [-0.15, -0.1) is 0 Å². The number of aliphatic hydroxyl groups is 1. The van der Waals surface area contributed by atoms with Gasteiger partial charge in [-0.1, -0.05) is 11.6 Å². The lowest BCUT2D eigenvalue weighted by molar-refractivity contribution is 0.0975. The Kier molecular flexibility index (Phi) is 3.31. The van der Waals surface area contributed by atoms with Crippen molar-refractivity contribution in [2.45, 2.75) is 26.4 Å². The molecule has 5 heteroatoms. The van der Waals surface area contributed by atoms with Crippen molar-refractivity contribution in [2.24, 2.45) is 0 Å². The van der Waals surface area contributed by atoms with E-state index in [0.717, 1.165) is 27.8 Å². The summed E-state index contributed by atoms with van der Waals surface area (Å²) < 4.78 is 22.5.